The molecule has 3 nitrogen and oxygen atoms in total. The van der Waals surface area contributed by atoms with Crippen molar-refractivity contribution < 1.29 is 9.59 Å². The summed E-state index contributed by atoms with van der Waals surface area (Å²) in [4.78, 5) is 22.7. The Balaban J connectivity index is 2.23. The highest BCUT2D eigenvalue weighted by atomic mass is 79.9. The summed E-state index contributed by atoms with van der Waals surface area (Å²) in [6, 6.07) is 0. The molecule has 0 atom stereocenters. The molecule has 0 saturated heterocycles. The Morgan fingerprint density at radius 3 is 2.21 bits per heavy atom. The van der Waals surface area contributed by atoms with E-state index in [-0.39, 0.29) is 17.7 Å². The van der Waals surface area contributed by atoms with Gasteiger partial charge in [-0.25, -0.2) is 0 Å². The lowest BCUT2D eigenvalue weighted by Crippen LogP contribution is -2.25. The molecule has 0 radical (unpaired) electrons. The third-order valence-electron chi connectivity index (χ3n) is 2.92. The molecule has 1 heterocycles. The monoisotopic (exact) mass is 257 g/mol. The number of imide groups is 1. The lowest BCUT2D eigenvalue weighted by molar-refractivity contribution is -0.124. The number of hydrogen-bond donors (Lipinski definition) is 1. The summed E-state index contributed by atoms with van der Waals surface area (Å²) in [6.45, 7) is 0. The predicted molar refractivity (Wildman–Crippen MR) is 55.7 cm³/mol. The average molecular weight is 258 g/mol. The fourth-order valence-electron chi connectivity index (χ4n) is 2.20. The predicted octanol–water partition coefficient (Wildman–Crippen LogP) is 1.87. The van der Waals surface area contributed by atoms with Crippen LogP contribution < -0.4 is 5.32 Å². The number of carbonyl (C=O) groups is 2. The Morgan fingerprint density at radius 2 is 1.71 bits per heavy atom. The summed E-state index contributed by atoms with van der Waals surface area (Å²) in [5.41, 5.74) is 0.676. The van der Waals surface area contributed by atoms with Crippen LogP contribution in [0.3, 0.4) is 0 Å². The minimum absolute atomic E-state index is 0.200. The number of rotatable bonds is 1. The molecule has 1 fully saturated rings. The van der Waals surface area contributed by atoms with Crippen LogP contribution in [0.15, 0.2) is 10.1 Å². The number of carbonyl (C=O) groups excluding carboxylic acids is 2. The van der Waals surface area contributed by atoms with Gasteiger partial charge in [-0.3, -0.25) is 14.9 Å². The first-order valence-corrected chi connectivity index (χ1v) is 5.75. The molecule has 0 bridgehead atoms. The Bertz CT molecular complexity index is 316. The van der Waals surface area contributed by atoms with Crippen molar-refractivity contribution in [3.63, 3.8) is 0 Å². The van der Waals surface area contributed by atoms with Crippen molar-refractivity contribution >= 4 is 27.7 Å². The Kier molecular flexibility index (Phi) is 2.72. The van der Waals surface area contributed by atoms with Crippen LogP contribution in [0.1, 0.15) is 32.1 Å². The van der Waals surface area contributed by atoms with Gasteiger partial charge in [-0.05, 0) is 34.7 Å². The van der Waals surface area contributed by atoms with Crippen LogP contribution in [-0.2, 0) is 9.59 Å². The minimum atomic E-state index is -0.282. The minimum Gasteiger partial charge on any atom is -0.288 e. The number of nitrogens with one attached hydrogen (secondary N) is 1. The Labute approximate surface area is 91.1 Å². The second-order valence-electron chi connectivity index (χ2n) is 3.85. The van der Waals surface area contributed by atoms with Gasteiger partial charge in [0.05, 0.1) is 4.48 Å². The van der Waals surface area contributed by atoms with E-state index in [0.29, 0.717) is 10.1 Å². The van der Waals surface area contributed by atoms with E-state index in [2.05, 4.69) is 21.2 Å². The highest BCUT2D eigenvalue weighted by Crippen LogP contribution is 2.35. The van der Waals surface area contributed by atoms with E-state index < -0.39 is 0 Å². The van der Waals surface area contributed by atoms with Gasteiger partial charge < -0.3 is 0 Å². The molecule has 2 rings (SSSR count). The molecule has 0 aromatic rings. The zero-order valence-corrected chi connectivity index (χ0v) is 9.39. The summed E-state index contributed by atoms with van der Waals surface area (Å²) < 4.78 is 0.453. The van der Waals surface area contributed by atoms with Crippen LogP contribution in [0.2, 0.25) is 0 Å². The zero-order valence-electron chi connectivity index (χ0n) is 7.81. The summed E-state index contributed by atoms with van der Waals surface area (Å²) in [7, 11) is 0. The molecule has 1 N–H and O–H groups in total. The molecule has 0 aromatic heterocycles. The van der Waals surface area contributed by atoms with E-state index in [9.17, 15) is 9.59 Å². The van der Waals surface area contributed by atoms with Gasteiger partial charge in [0.1, 0.15) is 0 Å². The molecule has 1 saturated carbocycles. The van der Waals surface area contributed by atoms with Crippen LogP contribution >= 0.6 is 15.9 Å². The first-order chi connectivity index (χ1) is 6.70. The molecule has 1 aliphatic heterocycles. The average Bonchev–Trinajstić information content (AvgIpc) is 2.43. The van der Waals surface area contributed by atoms with Crippen molar-refractivity contribution in [2.75, 3.05) is 0 Å². The molecule has 0 aromatic carbocycles. The first-order valence-electron chi connectivity index (χ1n) is 4.95. The summed E-state index contributed by atoms with van der Waals surface area (Å²) in [5, 5.41) is 2.32. The number of hydrogen-bond acceptors (Lipinski definition) is 2. The second-order valence-corrected chi connectivity index (χ2v) is 4.64. The van der Waals surface area contributed by atoms with Crippen LogP contribution in [-0.4, -0.2) is 11.8 Å². The van der Waals surface area contributed by atoms with Gasteiger partial charge >= 0.3 is 0 Å². The second kappa shape index (κ2) is 3.85. The normalized spacial score (nSPS) is 24.4. The van der Waals surface area contributed by atoms with Crippen LogP contribution in [0.5, 0.6) is 0 Å². The van der Waals surface area contributed by atoms with Gasteiger partial charge in [0.2, 0.25) is 0 Å². The molecular weight excluding hydrogens is 246 g/mol. The van der Waals surface area contributed by atoms with Crippen molar-refractivity contribution in [2.24, 2.45) is 5.92 Å². The lowest BCUT2D eigenvalue weighted by Gasteiger charge is -2.21. The molecule has 0 spiro atoms. The maximum absolute atomic E-state index is 11.5. The van der Waals surface area contributed by atoms with Crippen LogP contribution in [0.25, 0.3) is 0 Å². The topological polar surface area (TPSA) is 46.2 Å². The quantitative estimate of drug-likeness (QED) is 0.730. The van der Waals surface area contributed by atoms with Crippen LogP contribution in [0.4, 0.5) is 0 Å². The van der Waals surface area contributed by atoms with E-state index in [1.807, 2.05) is 0 Å². The van der Waals surface area contributed by atoms with E-state index >= 15 is 0 Å². The highest BCUT2D eigenvalue weighted by Gasteiger charge is 2.34. The van der Waals surface area contributed by atoms with E-state index in [1.54, 1.807) is 0 Å². The standard InChI is InChI=1S/C10H12BrNO2/c11-8-7(9(13)12-10(8)14)6-4-2-1-3-5-6/h6H,1-5H2,(H,12,13,14). The van der Waals surface area contributed by atoms with E-state index in [1.165, 1.54) is 6.42 Å². The third kappa shape index (κ3) is 1.63. The molecule has 14 heavy (non-hydrogen) atoms. The van der Waals surface area contributed by atoms with Crippen molar-refractivity contribution in [1.29, 1.82) is 0 Å². The van der Waals surface area contributed by atoms with Crippen molar-refractivity contribution in [1.82, 2.24) is 5.32 Å². The van der Waals surface area contributed by atoms with Gasteiger partial charge in [-0.1, -0.05) is 19.3 Å². The fourth-order valence-corrected chi connectivity index (χ4v) is 2.81. The highest BCUT2D eigenvalue weighted by molar-refractivity contribution is 9.12. The Morgan fingerprint density at radius 1 is 1.07 bits per heavy atom. The van der Waals surface area contributed by atoms with Crippen molar-refractivity contribution in [3.05, 3.63) is 10.1 Å². The number of halogens is 1. The van der Waals surface area contributed by atoms with Gasteiger partial charge in [0, 0.05) is 5.57 Å². The third-order valence-corrected chi connectivity index (χ3v) is 3.71. The molecule has 2 aliphatic rings. The zero-order chi connectivity index (χ0) is 10.1. The van der Waals surface area contributed by atoms with Gasteiger partial charge in [-0.2, -0.15) is 0 Å². The molecule has 1 aliphatic carbocycles. The van der Waals surface area contributed by atoms with E-state index in [0.717, 1.165) is 25.7 Å². The van der Waals surface area contributed by atoms with Gasteiger partial charge in [0.25, 0.3) is 11.8 Å². The largest absolute Gasteiger partial charge is 0.288 e. The molecule has 76 valence electrons. The molecule has 0 unspecified atom stereocenters. The van der Waals surface area contributed by atoms with Gasteiger partial charge in [0.15, 0.2) is 0 Å². The SMILES string of the molecule is O=C1NC(=O)C(C2CCCCC2)=C1Br. The maximum atomic E-state index is 11.5. The molecule has 4 heteroatoms. The van der Waals surface area contributed by atoms with Crippen molar-refractivity contribution in [2.45, 2.75) is 32.1 Å². The maximum Gasteiger partial charge on any atom is 0.265 e. The lowest BCUT2D eigenvalue weighted by atomic mass is 9.84. The summed E-state index contributed by atoms with van der Waals surface area (Å²) in [5.74, 6) is -0.200. The van der Waals surface area contributed by atoms with E-state index in [4.69, 9.17) is 0 Å². The molecular formula is C10H12BrNO2. The molecule has 2 amide bonds. The van der Waals surface area contributed by atoms with Gasteiger partial charge in [-0.15, -0.1) is 0 Å². The Hall–Kier alpha value is -0.640. The van der Waals surface area contributed by atoms with Crippen molar-refractivity contribution in [3.8, 4) is 0 Å². The first kappa shape index (κ1) is 9.90. The summed E-state index contributed by atoms with van der Waals surface area (Å²) in [6.07, 6.45) is 5.64. The fraction of sp³-hybridized carbons (Fsp3) is 0.600. The summed E-state index contributed by atoms with van der Waals surface area (Å²) >= 11 is 3.19. The van der Waals surface area contributed by atoms with Crippen LogP contribution in [0, 0.1) is 5.92 Å². The smallest absolute Gasteiger partial charge is 0.265 e. The number of amides is 2.